The average Bonchev–Trinajstić information content (AvgIpc) is 3.02. The fourth-order valence-electron chi connectivity index (χ4n) is 3.61. The molecular weight excluding hydrogens is 402 g/mol. The van der Waals surface area contributed by atoms with Gasteiger partial charge in [0.05, 0.1) is 24.3 Å². The number of likely N-dealkylation sites (N-methyl/N-ethyl adjacent to an activating group) is 1. The fraction of sp³-hybridized carbons (Fsp3) is 0.304. The van der Waals surface area contributed by atoms with Crippen molar-refractivity contribution in [3.8, 4) is 17.2 Å². The van der Waals surface area contributed by atoms with Crippen LogP contribution in [0.3, 0.4) is 0 Å². The van der Waals surface area contributed by atoms with Crippen LogP contribution in [0.5, 0.6) is 11.5 Å². The zero-order chi connectivity index (χ0) is 21.3. The van der Waals surface area contributed by atoms with Crippen LogP contribution in [0.15, 0.2) is 48.5 Å². The zero-order valence-corrected chi connectivity index (χ0v) is 18.0. The normalized spacial score (nSPS) is 15.1. The van der Waals surface area contributed by atoms with Crippen molar-refractivity contribution in [1.29, 1.82) is 0 Å². The molecule has 0 radical (unpaired) electrons. The van der Waals surface area contributed by atoms with E-state index in [-0.39, 0.29) is 18.4 Å². The predicted molar refractivity (Wildman–Crippen MR) is 116 cm³/mol. The van der Waals surface area contributed by atoms with E-state index in [0.717, 1.165) is 28.4 Å². The summed E-state index contributed by atoms with van der Waals surface area (Å²) in [7, 11) is 1.79. The molecule has 0 saturated carbocycles. The Balaban J connectivity index is 1.43. The Bertz CT molecular complexity index is 1060. The van der Waals surface area contributed by atoms with Gasteiger partial charge in [0, 0.05) is 23.3 Å². The van der Waals surface area contributed by atoms with Gasteiger partial charge in [0.15, 0.2) is 17.6 Å². The number of aryl methyl sites for hydroxylation is 1. The minimum atomic E-state index is -0.201. The SMILES string of the molecule is Cc1nn(-c2ccc(Cl)cc2)c(C)c1CC(=O)N(C)CC1COc2ccccc2O1. The summed E-state index contributed by atoms with van der Waals surface area (Å²) in [5, 5.41) is 5.30. The lowest BCUT2D eigenvalue weighted by Crippen LogP contribution is -2.42. The fourth-order valence-corrected chi connectivity index (χ4v) is 3.74. The molecule has 30 heavy (non-hydrogen) atoms. The highest BCUT2D eigenvalue weighted by atomic mass is 35.5. The van der Waals surface area contributed by atoms with E-state index < -0.39 is 0 Å². The molecule has 2 aromatic carbocycles. The van der Waals surface area contributed by atoms with Crippen molar-refractivity contribution in [2.24, 2.45) is 0 Å². The number of fused-ring (bicyclic) bond motifs is 1. The Morgan fingerprint density at radius 3 is 2.60 bits per heavy atom. The molecule has 3 aromatic rings. The van der Waals surface area contributed by atoms with Gasteiger partial charge in [-0.3, -0.25) is 4.79 Å². The summed E-state index contributed by atoms with van der Waals surface area (Å²) in [6, 6.07) is 15.1. The van der Waals surface area contributed by atoms with Crippen LogP contribution in [0, 0.1) is 13.8 Å². The molecule has 7 heteroatoms. The Labute approximate surface area is 181 Å². The maximum Gasteiger partial charge on any atom is 0.227 e. The third kappa shape index (κ3) is 4.14. The second-order valence-electron chi connectivity index (χ2n) is 7.49. The van der Waals surface area contributed by atoms with Crippen molar-refractivity contribution in [1.82, 2.24) is 14.7 Å². The first-order chi connectivity index (χ1) is 14.4. The lowest BCUT2D eigenvalue weighted by molar-refractivity contribution is -0.130. The topological polar surface area (TPSA) is 56.6 Å². The highest BCUT2D eigenvalue weighted by molar-refractivity contribution is 6.30. The van der Waals surface area contributed by atoms with Crippen LogP contribution in [0.4, 0.5) is 0 Å². The number of carbonyl (C=O) groups is 1. The Morgan fingerprint density at radius 2 is 1.87 bits per heavy atom. The van der Waals surface area contributed by atoms with E-state index in [1.165, 1.54) is 0 Å². The number of halogens is 1. The molecule has 0 fully saturated rings. The summed E-state index contributed by atoms with van der Waals surface area (Å²) in [5.41, 5.74) is 3.64. The number of hydrogen-bond donors (Lipinski definition) is 0. The molecule has 1 unspecified atom stereocenters. The number of carbonyl (C=O) groups excluding carboxylic acids is 1. The number of rotatable bonds is 5. The van der Waals surface area contributed by atoms with Crippen molar-refractivity contribution < 1.29 is 14.3 Å². The lowest BCUT2D eigenvalue weighted by atomic mass is 10.1. The molecule has 1 amide bonds. The number of hydrogen-bond acceptors (Lipinski definition) is 4. The molecule has 1 aromatic heterocycles. The molecule has 4 rings (SSSR count). The van der Waals surface area contributed by atoms with Crippen molar-refractivity contribution in [2.75, 3.05) is 20.2 Å². The summed E-state index contributed by atoms with van der Waals surface area (Å²) in [5.74, 6) is 1.47. The second kappa shape index (κ2) is 8.40. The van der Waals surface area contributed by atoms with Crippen molar-refractivity contribution >= 4 is 17.5 Å². The number of amides is 1. The Hall–Kier alpha value is -2.99. The van der Waals surface area contributed by atoms with Gasteiger partial charge in [0.1, 0.15) is 6.61 Å². The van der Waals surface area contributed by atoms with Gasteiger partial charge in [-0.05, 0) is 50.2 Å². The number of para-hydroxylation sites is 2. The van der Waals surface area contributed by atoms with Gasteiger partial charge >= 0.3 is 0 Å². The van der Waals surface area contributed by atoms with Gasteiger partial charge in [0.25, 0.3) is 0 Å². The van der Waals surface area contributed by atoms with Crippen LogP contribution in [0.25, 0.3) is 5.69 Å². The van der Waals surface area contributed by atoms with Crippen LogP contribution in [-0.2, 0) is 11.2 Å². The third-order valence-electron chi connectivity index (χ3n) is 5.31. The Morgan fingerprint density at radius 1 is 1.17 bits per heavy atom. The quantitative estimate of drug-likeness (QED) is 0.620. The van der Waals surface area contributed by atoms with Crippen LogP contribution in [-0.4, -0.2) is 46.9 Å². The molecule has 0 bridgehead atoms. The summed E-state index contributed by atoms with van der Waals surface area (Å²) < 4.78 is 13.6. The average molecular weight is 426 g/mol. The maximum absolute atomic E-state index is 12.9. The molecule has 0 N–H and O–H groups in total. The van der Waals surface area contributed by atoms with Crippen LogP contribution in [0.1, 0.15) is 17.0 Å². The monoisotopic (exact) mass is 425 g/mol. The van der Waals surface area contributed by atoms with Gasteiger partial charge in [0.2, 0.25) is 5.91 Å². The van der Waals surface area contributed by atoms with E-state index in [0.29, 0.717) is 23.9 Å². The third-order valence-corrected chi connectivity index (χ3v) is 5.56. The molecule has 1 aliphatic heterocycles. The first-order valence-corrected chi connectivity index (χ1v) is 10.2. The van der Waals surface area contributed by atoms with Crippen LogP contribution >= 0.6 is 11.6 Å². The van der Waals surface area contributed by atoms with Crippen molar-refractivity contribution in [2.45, 2.75) is 26.4 Å². The van der Waals surface area contributed by atoms with Crippen molar-refractivity contribution in [3.63, 3.8) is 0 Å². The maximum atomic E-state index is 12.9. The smallest absolute Gasteiger partial charge is 0.227 e. The van der Waals surface area contributed by atoms with E-state index in [2.05, 4.69) is 5.10 Å². The lowest BCUT2D eigenvalue weighted by Gasteiger charge is -2.29. The second-order valence-corrected chi connectivity index (χ2v) is 7.92. The highest BCUT2D eigenvalue weighted by Gasteiger charge is 2.25. The van der Waals surface area contributed by atoms with E-state index >= 15 is 0 Å². The van der Waals surface area contributed by atoms with Crippen LogP contribution in [0.2, 0.25) is 5.02 Å². The van der Waals surface area contributed by atoms with Gasteiger partial charge in [-0.2, -0.15) is 5.10 Å². The van der Waals surface area contributed by atoms with Crippen molar-refractivity contribution in [3.05, 3.63) is 70.5 Å². The summed E-state index contributed by atoms with van der Waals surface area (Å²) >= 11 is 5.99. The van der Waals surface area contributed by atoms with Gasteiger partial charge < -0.3 is 14.4 Å². The minimum absolute atomic E-state index is 0.0133. The summed E-state index contributed by atoms with van der Waals surface area (Å²) in [6.45, 7) is 4.78. The first kappa shape index (κ1) is 20.3. The zero-order valence-electron chi connectivity index (χ0n) is 17.3. The summed E-state index contributed by atoms with van der Waals surface area (Å²) in [6.07, 6.45) is 0.0826. The molecule has 6 nitrogen and oxygen atoms in total. The van der Waals surface area contributed by atoms with Gasteiger partial charge in [-0.15, -0.1) is 0 Å². The summed E-state index contributed by atoms with van der Waals surface area (Å²) in [4.78, 5) is 14.6. The first-order valence-electron chi connectivity index (χ1n) is 9.86. The number of ether oxygens (including phenoxy) is 2. The van der Waals surface area contributed by atoms with E-state index in [1.807, 2.05) is 67.1 Å². The number of benzene rings is 2. The van der Waals surface area contributed by atoms with Gasteiger partial charge in [-0.1, -0.05) is 23.7 Å². The highest BCUT2D eigenvalue weighted by Crippen LogP contribution is 2.31. The molecule has 0 spiro atoms. The minimum Gasteiger partial charge on any atom is -0.486 e. The number of nitrogens with zero attached hydrogens (tertiary/aromatic N) is 3. The molecule has 156 valence electrons. The van der Waals surface area contributed by atoms with E-state index in [4.69, 9.17) is 21.1 Å². The van der Waals surface area contributed by atoms with E-state index in [9.17, 15) is 4.79 Å². The Kier molecular flexibility index (Phi) is 5.68. The molecule has 0 aliphatic carbocycles. The van der Waals surface area contributed by atoms with Crippen LogP contribution < -0.4 is 9.47 Å². The predicted octanol–water partition coefficient (Wildman–Crippen LogP) is 3.98. The molecule has 0 saturated heterocycles. The largest absolute Gasteiger partial charge is 0.486 e. The van der Waals surface area contributed by atoms with E-state index in [1.54, 1.807) is 11.9 Å². The molecule has 1 aliphatic rings. The molecular formula is C23H24ClN3O3. The standard InChI is InChI=1S/C23H24ClN3O3/c1-15-20(16(2)27(25-15)18-10-8-17(24)9-11-18)12-23(28)26(3)13-19-14-29-21-6-4-5-7-22(21)30-19/h4-11,19H,12-14H2,1-3H3. The number of aromatic nitrogens is 2. The van der Waals surface area contributed by atoms with Gasteiger partial charge in [-0.25, -0.2) is 4.68 Å². The molecule has 1 atom stereocenters. The molecule has 2 heterocycles.